The van der Waals surface area contributed by atoms with Crippen LogP contribution in [0.1, 0.15) is 65.9 Å². The molecule has 1 fully saturated rings. The van der Waals surface area contributed by atoms with Crippen LogP contribution in [-0.4, -0.2) is 20.4 Å². The lowest BCUT2D eigenvalue weighted by atomic mass is 9.71. The van der Waals surface area contributed by atoms with Crippen molar-refractivity contribution in [1.82, 2.24) is 14.5 Å². The molecule has 1 atom stereocenters. The summed E-state index contributed by atoms with van der Waals surface area (Å²) in [7, 11) is 0. The van der Waals surface area contributed by atoms with Crippen LogP contribution in [0.5, 0.6) is 0 Å². The van der Waals surface area contributed by atoms with Gasteiger partial charge in [0.15, 0.2) is 0 Å². The van der Waals surface area contributed by atoms with Gasteiger partial charge in [0.25, 0.3) is 0 Å². The highest BCUT2D eigenvalue weighted by Gasteiger charge is 2.29. The van der Waals surface area contributed by atoms with Crippen LogP contribution in [0.15, 0.2) is 67.4 Å². The van der Waals surface area contributed by atoms with Crippen molar-refractivity contribution in [2.24, 2.45) is 11.7 Å². The first-order chi connectivity index (χ1) is 16.0. The number of rotatable bonds is 5. The summed E-state index contributed by atoms with van der Waals surface area (Å²) in [4.78, 5) is 20.7. The van der Waals surface area contributed by atoms with Crippen molar-refractivity contribution < 1.29 is 9.18 Å². The molecule has 0 saturated heterocycles. The van der Waals surface area contributed by atoms with E-state index < -0.39 is 5.91 Å². The van der Waals surface area contributed by atoms with Crippen LogP contribution in [0.4, 0.5) is 4.39 Å². The highest BCUT2D eigenvalue weighted by molar-refractivity contribution is 5.94. The van der Waals surface area contributed by atoms with E-state index >= 15 is 0 Å². The minimum Gasteiger partial charge on any atom is -0.366 e. The molecule has 6 heteroatoms. The molecule has 2 aromatic carbocycles. The molecule has 168 valence electrons. The van der Waals surface area contributed by atoms with Gasteiger partial charge in [-0.3, -0.25) is 9.78 Å². The number of amides is 1. The van der Waals surface area contributed by atoms with Gasteiger partial charge in [-0.1, -0.05) is 6.92 Å². The summed E-state index contributed by atoms with van der Waals surface area (Å²) in [6.07, 6.45) is 11.3. The number of imidazole rings is 1. The minimum atomic E-state index is -0.395. The van der Waals surface area contributed by atoms with Gasteiger partial charge in [0.1, 0.15) is 5.82 Å². The molecule has 1 saturated carbocycles. The zero-order chi connectivity index (χ0) is 22.9. The largest absolute Gasteiger partial charge is 0.366 e. The van der Waals surface area contributed by atoms with Gasteiger partial charge in [-0.05, 0) is 97.0 Å². The van der Waals surface area contributed by atoms with Crippen molar-refractivity contribution in [3.63, 3.8) is 0 Å². The smallest absolute Gasteiger partial charge is 0.248 e. The third-order valence-corrected chi connectivity index (χ3v) is 7.25. The summed E-state index contributed by atoms with van der Waals surface area (Å²) >= 11 is 0. The first kappa shape index (κ1) is 21.3. The summed E-state index contributed by atoms with van der Waals surface area (Å²) in [5.74, 6) is 0.406. The Morgan fingerprint density at radius 3 is 2.64 bits per heavy atom. The van der Waals surface area contributed by atoms with Gasteiger partial charge in [0.05, 0.1) is 11.8 Å². The van der Waals surface area contributed by atoms with E-state index in [4.69, 9.17) is 5.73 Å². The van der Waals surface area contributed by atoms with E-state index in [1.807, 2.05) is 35.2 Å². The Morgan fingerprint density at radius 2 is 1.91 bits per heavy atom. The molecule has 1 aliphatic carbocycles. The van der Waals surface area contributed by atoms with Crippen molar-refractivity contribution in [2.75, 3.05) is 0 Å². The van der Waals surface area contributed by atoms with Crippen molar-refractivity contribution in [1.29, 1.82) is 0 Å². The van der Waals surface area contributed by atoms with Crippen LogP contribution in [-0.2, 0) is 0 Å². The SMILES string of the molecule is C[C@@H](c1cc(-n2ccnc2)ccc1C(N)=O)C1CCC(c2ccnc3ccc(F)cc23)CC1. The third kappa shape index (κ3) is 4.13. The van der Waals surface area contributed by atoms with Gasteiger partial charge >= 0.3 is 0 Å². The standard InChI is InChI=1S/C27H27FN4O/c1-17(24-15-21(32-13-12-30-16-32)7-8-23(24)27(29)33)18-2-4-19(5-3-18)22-10-11-31-26-9-6-20(28)14-25(22)26/h6-19H,2-5H2,1H3,(H2,29,33)/t17-,18?,19?/m1/s1. The maximum atomic E-state index is 13.9. The summed E-state index contributed by atoms with van der Waals surface area (Å²) in [6.45, 7) is 2.20. The molecule has 0 bridgehead atoms. The number of carbonyl (C=O) groups is 1. The van der Waals surface area contributed by atoms with Crippen molar-refractivity contribution in [3.8, 4) is 5.69 Å². The van der Waals surface area contributed by atoms with Gasteiger partial charge in [0.2, 0.25) is 5.91 Å². The van der Waals surface area contributed by atoms with E-state index in [9.17, 15) is 9.18 Å². The number of halogens is 1. The number of primary amides is 1. The summed E-state index contributed by atoms with van der Waals surface area (Å²) in [5, 5.41) is 0.915. The van der Waals surface area contributed by atoms with E-state index in [1.165, 1.54) is 11.6 Å². The highest BCUT2D eigenvalue weighted by Crippen LogP contribution is 2.44. The molecule has 2 N–H and O–H groups in total. The van der Waals surface area contributed by atoms with Crippen LogP contribution >= 0.6 is 0 Å². The van der Waals surface area contributed by atoms with E-state index in [0.29, 0.717) is 17.4 Å². The maximum Gasteiger partial charge on any atom is 0.248 e. The van der Waals surface area contributed by atoms with E-state index in [-0.39, 0.29) is 11.7 Å². The summed E-state index contributed by atoms with van der Waals surface area (Å²) < 4.78 is 15.8. The number of carbonyl (C=O) groups excluding carboxylic acids is 1. The fraction of sp³-hybridized carbons (Fsp3) is 0.296. The molecule has 0 radical (unpaired) electrons. The number of fused-ring (bicyclic) bond motifs is 1. The lowest BCUT2D eigenvalue weighted by Gasteiger charge is -2.34. The van der Waals surface area contributed by atoms with E-state index in [1.54, 1.807) is 24.7 Å². The zero-order valence-corrected chi connectivity index (χ0v) is 18.6. The molecule has 5 rings (SSSR count). The molecule has 4 aromatic rings. The maximum absolute atomic E-state index is 13.9. The molecule has 0 aliphatic heterocycles. The van der Waals surface area contributed by atoms with Crippen LogP contribution in [0, 0.1) is 11.7 Å². The Hall–Kier alpha value is -3.54. The number of pyridine rings is 1. The molecule has 2 heterocycles. The first-order valence-electron chi connectivity index (χ1n) is 11.5. The summed E-state index contributed by atoms with van der Waals surface area (Å²) in [6, 6.07) is 12.7. The monoisotopic (exact) mass is 442 g/mol. The molecule has 5 nitrogen and oxygen atoms in total. The normalized spacial score (nSPS) is 19.5. The van der Waals surface area contributed by atoms with Crippen LogP contribution in [0.3, 0.4) is 0 Å². The Bertz CT molecular complexity index is 1290. The van der Waals surface area contributed by atoms with Gasteiger partial charge < -0.3 is 10.3 Å². The number of benzene rings is 2. The van der Waals surface area contributed by atoms with Crippen molar-refractivity contribution in [3.05, 3.63) is 89.9 Å². The third-order valence-electron chi connectivity index (χ3n) is 7.25. The number of nitrogens with zero attached hydrogens (tertiary/aromatic N) is 3. The number of hydrogen-bond acceptors (Lipinski definition) is 3. The van der Waals surface area contributed by atoms with Gasteiger partial charge in [-0.15, -0.1) is 0 Å². The number of nitrogens with two attached hydrogens (primary N) is 1. The average molecular weight is 443 g/mol. The van der Waals surface area contributed by atoms with Crippen molar-refractivity contribution >= 4 is 16.8 Å². The molecular weight excluding hydrogens is 415 g/mol. The molecule has 1 amide bonds. The van der Waals surface area contributed by atoms with Gasteiger partial charge in [0, 0.05) is 35.2 Å². The number of hydrogen-bond donors (Lipinski definition) is 1. The molecule has 0 unspecified atom stereocenters. The predicted molar refractivity (Wildman–Crippen MR) is 127 cm³/mol. The van der Waals surface area contributed by atoms with Crippen LogP contribution < -0.4 is 5.73 Å². The lowest BCUT2D eigenvalue weighted by molar-refractivity contribution is 0.0998. The topological polar surface area (TPSA) is 73.8 Å². The molecule has 1 aliphatic rings. The van der Waals surface area contributed by atoms with E-state index in [2.05, 4.69) is 23.0 Å². The fourth-order valence-electron chi connectivity index (χ4n) is 5.40. The first-order valence-corrected chi connectivity index (χ1v) is 11.5. The van der Waals surface area contributed by atoms with Crippen LogP contribution in [0.25, 0.3) is 16.6 Å². The van der Waals surface area contributed by atoms with Crippen LogP contribution in [0.2, 0.25) is 0 Å². The quantitative estimate of drug-likeness (QED) is 0.429. The Labute approximate surface area is 192 Å². The van der Waals surface area contributed by atoms with Crippen molar-refractivity contribution in [2.45, 2.75) is 44.4 Å². The Morgan fingerprint density at radius 1 is 1.09 bits per heavy atom. The molecule has 0 spiro atoms. The second-order valence-corrected chi connectivity index (χ2v) is 9.07. The predicted octanol–water partition coefficient (Wildman–Crippen LogP) is 5.74. The summed E-state index contributed by atoms with van der Waals surface area (Å²) in [5.41, 5.74) is 10.3. The van der Waals surface area contributed by atoms with Gasteiger partial charge in [-0.25, -0.2) is 9.37 Å². The Kier molecular flexibility index (Phi) is 5.67. The van der Waals surface area contributed by atoms with E-state index in [0.717, 1.165) is 47.8 Å². The Balaban J connectivity index is 1.38. The van der Waals surface area contributed by atoms with Gasteiger partial charge in [-0.2, -0.15) is 0 Å². The lowest BCUT2D eigenvalue weighted by Crippen LogP contribution is -2.22. The zero-order valence-electron chi connectivity index (χ0n) is 18.6. The molecule has 33 heavy (non-hydrogen) atoms. The fourth-order valence-corrected chi connectivity index (χ4v) is 5.40. The molecular formula is C27H27FN4O. The second kappa shape index (κ2) is 8.77. The highest BCUT2D eigenvalue weighted by atomic mass is 19.1. The number of aromatic nitrogens is 3. The minimum absolute atomic E-state index is 0.198. The second-order valence-electron chi connectivity index (χ2n) is 9.07. The molecule has 2 aromatic heterocycles. The average Bonchev–Trinajstić information content (AvgIpc) is 3.38.